The molecule has 272 valence electrons. The summed E-state index contributed by atoms with van der Waals surface area (Å²) >= 11 is 0. The molecule has 3 aromatic carbocycles. The maximum Gasteiger partial charge on any atom is 0.573 e. The second-order valence-electron chi connectivity index (χ2n) is 12.2. The molecule has 1 aliphatic rings. The summed E-state index contributed by atoms with van der Waals surface area (Å²) in [5.41, 5.74) is 2.55. The third-order valence-electron chi connectivity index (χ3n) is 8.79. The Bertz CT molecular complexity index is 2090. The molecule has 1 saturated heterocycles. The summed E-state index contributed by atoms with van der Waals surface area (Å²) in [4.78, 5) is 34.8. The molecule has 1 aliphatic heterocycles. The van der Waals surface area contributed by atoms with E-state index in [1.165, 1.54) is 31.4 Å². The number of ether oxygens (including phenoxy) is 3. The van der Waals surface area contributed by atoms with Crippen molar-refractivity contribution in [1.82, 2.24) is 24.7 Å². The number of hydrogen-bond acceptors (Lipinski definition) is 7. The standard InChI is InChI=1S/C37H34F5N5O5/c1-22-20-47(16-15-46(22)21-23-6-9-25(10-7-23)51-36(38)39)35(49)32-17-24-8-11-26(19-31(24)45(32)3)50-34-29(5-4-14-44-34)30-18-27(52-37(40,41)42)12-13-28(30)33(48)43-2/h4-14,17-19,22,36H,15-16,20-21H2,1-3H3,(H,43,48)/t22-/m0/s1. The quantitative estimate of drug-likeness (QED) is 0.152. The zero-order valence-corrected chi connectivity index (χ0v) is 28.3. The molecule has 1 fully saturated rings. The summed E-state index contributed by atoms with van der Waals surface area (Å²) in [6.45, 7) is 1.32. The number of alkyl halides is 5. The zero-order valence-electron chi connectivity index (χ0n) is 28.3. The lowest BCUT2D eigenvalue weighted by molar-refractivity contribution is -0.274. The van der Waals surface area contributed by atoms with Crippen molar-refractivity contribution in [2.24, 2.45) is 7.05 Å². The fourth-order valence-electron chi connectivity index (χ4n) is 6.23. The van der Waals surface area contributed by atoms with Gasteiger partial charge in [0, 0.05) is 80.7 Å². The van der Waals surface area contributed by atoms with Crippen LogP contribution in [-0.4, -0.2) is 76.9 Å². The van der Waals surface area contributed by atoms with Gasteiger partial charge >= 0.3 is 13.0 Å². The zero-order chi connectivity index (χ0) is 37.2. The fourth-order valence-corrected chi connectivity index (χ4v) is 6.23. The van der Waals surface area contributed by atoms with Gasteiger partial charge in [-0.15, -0.1) is 13.2 Å². The maximum atomic E-state index is 13.8. The summed E-state index contributed by atoms with van der Waals surface area (Å²) < 4.78 is 80.6. The van der Waals surface area contributed by atoms with Crippen LogP contribution in [-0.2, 0) is 13.6 Å². The summed E-state index contributed by atoms with van der Waals surface area (Å²) in [5.74, 6) is -0.720. The van der Waals surface area contributed by atoms with Crippen molar-refractivity contribution in [3.8, 4) is 34.3 Å². The molecule has 1 N–H and O–H groups in total. The van der Waals surface area contributed by atoms with E-state index in [1.807, 2.05) is 6.92 Å². The Balaban J connectivity index is 1.19. The smallest absolute Gasteiger partial charge is 0.438 e. The lowest BCUT2D eigenvalue weighted by atomic mass is 9.99. The number of rotatable bonds is 10. The molecule has 0 unspecified atom stereocenters. The van der Waals surface area contributed by atoms with E-state index in [0.717, 1.165) is 23.1 Å². The third kappa shape index (κ3) is 8.09. The number of aryl methyl sites for hydroxylation is 1. The van der Waals surface area contributed by atoms with E-state index in [2.05, 4.69) is 24.7 Å². The number of amides is 2. The van der Waals surface area contributed by atoms with Crippen LogP contribution in [0, 0.1) is 0 Å². The maximum absolute atomic E-state index is 13.8. The molecule has 0 radical (unpaired) electrons. The molecule has 1 atom stereocenters. The number of carbonyl (C=O) groups excluding carboxylic acids is 2. The van der Waals surface area contributed by atoms with Crippen LogP contribution in [0.5, 0.6) is 23.1 Å². The van der Waals surface area contributed by atoms with E-state index in [-0.39, 0.29) is 40.3 Å². The van der Waals surface area contributed by atoms with E-state index in [4.69, 9.17) is 4.74 Å². The van der Waals surface area contributed by atoms with Gasteiger partial charge < -0.3 is 29.0 Å². The van der Waals surface area contributed by atoms with Gasteiger partial charge in [-0.3, -0.25) is 14.5 Å². The number of benzene rings is 3. The van der Waals surface area contributed by atoms with Gasteiger partial charge in [-0.1, -0.05) is 12.1 Å². The van der Waals surface area contributed by atoms with Gasteiger partial charge in [0.15, 0.2) is 0 Å². The number of piperazine rings is 1. The minimum Gasteiger partial charge on any atom is -0.438 e. The van der Waals surface area contributed by atoms with Gasteiger partial charge in [-0.2, -0.15) is 8.78 Å². The number of hydrogen-bond donors (Lipinski definition) is 1. The first kappa shape index (κ1) is 36.1. The average molecular weight is 724 g/mol. The van der Waals surface area contributed by atoms with Crippen molar-refractivity contribution in [2.45, 2.75) is 32.5 Å². The van der Waals surface area contributed by atoms with Crippen molar-refractivity contribution >= 4 is 22.7 Å². The highest BCUT2D eigenvalue weighted by molar-refractivity contribution is 6.02. The summed E-state index contributed by atoms with van der Waals surface area (Å²) in [6, 6.07) is 20.1. The van der Waals surface area contributed by atoms with Crippen LogP contribution in [0.15, 0.2) is 85.1 Å². The van der Waals surface area contributed by atoms with Crippen molar-refractivity contribution in [3.63, 3.8) is 0 Å². The first-order valence-corrected chi connectivity index (χ1v) is 16.2. The van der Waals surface area contributed by atoms with Gasteiger partial charge in [0.25, 0.3) is 11.8 Å². The van der Waals surface area contributed by atoms with Crippen molar-refractivity contribution < 1.29 is 45.8 Å². The molecule has 5 aromatic rings. The Morgan fingerprint density at radius 1 is 0.942 bits per heavy atom. The Morgan fingerprint density at radius 2 is 1.67 bits per heavy atom. The number of halogens is 5. The van der Waals surface area contributed by atoms with E-state index in [9.17, 15) is 31.5 Å². The molecule has 0 aliphatic carbocycles. The molecule has 0 saturated carbocycles. The van der Waals surface area contributed by atoms with E-state index in [0.29, 0.717) is 43.1 Å². The van der Waals surface area contributed by atoms with Gasteiger partial charge in [-0.25, -0.2) is 4.98 Å². The minimum atomic E-state index is -4.94. The predicted molar refractivity (Wildman–Crippen MR) is 182 cm³/mol. The van der Waals surface area contributed by atoms with E-state index in [1.54, 1.807) is 65.0 Å². The molecule has 2 amide bonds. The topological polar surface area (TPSA) is 98.2 Å². The third-order valence-corrected chi connectivity index (χ3v) is 8.79. The van der Waals surface area contributed by atoms with Crippen molar-refractivity contribution in [3.05, 3.63) is 102 Å². The highest BCUT2D eigenvalue weighted by Gasteiger charge is 2.32. The number of pyridine rings is 1. The summed E-state index contributed by atoms with van der Waals surface area (Å²) in [7, 11) is 3.18. The van der Waals surface area contributed by atoms with Crippen LogP contribution in [0.25, 0.3) is 22.0 Å². The van der Waals surface area contributed by atoms with Crippen LogP contribution in [0.1, 0.15) is 33.3 Å². The number of nitrogens with zero attached hydrogens (tertiary/aromatic N) is 4. The lowest BCUT2D eigenvalue weighted by Crippen LogP contribution is -2.53. The Kier molecular flexibility index (Phi) is 10.3. The van der Waals surface area contributed by atoms with Crippen LogP contribution in [0.4, 0.5) is 22.0 Å². The summed E-state index contributed by atoms with van der Waals surface area (Å²) in [5, 5.41) is 3.27. The molecular formula is C37H34F5N5O5. The van der Waals surface area contributed by atoms with E-state index < -0.39 is 24.6 Å². The number of nitrogens with one attached hydrogen (secondary N) is 1. The Morgan fingerprint density at radius 3 is 2.37 bits per heavy atom. The lowest BCUT2D eigenvalue weighted by Gasteiger charge is -2.40. The van der Waals surface area contributed by atoms with Crippen molar-refractivity contribution in [2.75, 3.05) is 26.7 Å². The molecule has 2 aromatic heterocycles. The molecule has 10 nitrogen and oxygen atoms in total. The van der Waals surface area contributed by atoms with Gasteiger partial charge in [0.1, 0.15) is 22.9 Å². The highest BCUT2D eigenvalue weighted by Crippen LogP contribution is 2.37. The van der Waals surface area contributed by atoms with Crippen LogP contribution in [0.2, 0.25) is 0 Å². The normalized spacial score (nSPS) is 15.2. The van der Waals surface area contributed by atoms with E-state index >= 15 is 0 Å². The second-order valence-corrected chi connectivity index (χ2v) is 12.2. The number of fused-ring (bicyclic) bond motifs is 1. The van der Waals surface area contributed by atoms with Gasteiger partial charge in [0.2, 0.25) is 5.88 Å². The van der Waals surface area contributed by atoms with Crippen molar-refractivity contribution in [1.29, 1.82) is 0 Å². The number of aromatic nitrogens is 2. The Hall–Kier alpha value is -5.70. The molecule has 52 heavy (non-hydrogen) atoms. The minimum absolute atomic E-state index is 0.0292. The first-order valence-electron chi connectivity index (χ1n) is 16.2. The first-order chi connectivity index (χ1) is 24.8. The molecule has 6 rings (SSSR count). The molecule has 0 spiro atoms. The fraction of sp³-hybridized carbons (Fsp3) is 0.270. The van der Waals surface area contributed by atoms with Crippen LogP contribution >= 0.6 is 0 Å². The van der Waals surface area contributed by atoms with Gasteiger partial charge in [-0.05, 0) is 73.2 Å². The SMILES string of the molecule is CNC(=O)c1ccc(OC(F)(F)F)cc1-c1cccnc1Oc1ccc2cc(C(=O)N3CCN(Cc4ccc(OC(F)F)cc4)[C@@H](C)C3)n(C)c2c1. The predicted octanol–water partition coefficient (Wildman–Crippen LogP) is 7.24. The van der Waals surface area contributed by atoms with Crippen LogP contribution in [0.3, 0.4) is 0 Å². The average Bonchev–Trinajstić information content (AvgIpc) is 3.43. The highest BCUT2D eigenvalue weighted by atomic mass is 19.4. The molecule has 15 heteroatoms. The summed E-state index contributed by atoms with van der Waals surface area (Å²) in [6.07, 6.45) is -3.49. The number of carbonyl (C=O) groups is 2. The van der Waals surface area contributed by atoms with Crippen LogP contribution < -0.4 is 19.5 Å². The molecule has 3 heterocycles. The molecule has 0 bridgehead atoms. The van der Waals surface area contributed by atoms with Gasteiger partial charge in [0.05, 0.1) is 5.52 Å². The second kappa shape index (κ2) is 14.9. The Labute approximate surface area is 295 Å². The largest absolute Gasteiger partial charge is 0.573 e. The molecular weight excluding hydrogens is 689 g/mol. The monoisotopic (exact) mass is 723 g/mol.